The van der Waals surface area contributed by atoms with Crippen molar-refractivity contribution >= 4 is 68.8 Å². The Bertz CT molecular complexity index is 2540. The molecule has 292 valence electrons. The van der Waals surface area contributed by atoms with Gasteiger partial charge < -0.3 is 20.5 Å². The first-order valence-electron chi connectivity index (χ1n) is 19.0. The summed E-state index contributed by atoms with van der Waals surface area (Å²) in [5.74, 6) is -0.00919. The fourth-order valence-corrected chi connectivity index (χ4v) is 8.65. The number of hydrogen-bond donors (Lipinski definition) is 3. The molecule has 0 atom stereocenters. The van der Waals surface area contributed by atoms with Crippen LogP contribution in [0.25, 0.3) is 33.3 Å². The molecule has 1 heterocycles. The van der Waals surface area contributed by atoms with E-state index in [1.807, 2.05) is 31.2 Å². The van der Waals surface area contributed by atoms with Crippen molar-refractivity contribution in [1.82, 2.24) is 10.3 Å². The molecular formula is C47H44Cl3N3O4. The molecule has 7 rings (SSSR count). The second kappa shape index (κ2) is 15.7. The summed E-state index contributed by atoms with van der Waals surface area (Å²) in [7, 11) is 0. The molecule has 5 aromatic carbocycles. The SMILES string of the molecule is CCCCNC(=O)c1c(-c2cc(Cl)ccc2O)nc2c(Oc3ccc(C(C)(C)CC(C)(C)C)cc3)cc(Nc3c(Cl)cccc3Cl)c3c2c1-c1ccccc1C3=O. The molecule has 0 spiro atoms. The summed E-state index contributed by atoms with van der Waals surface area (Å²) >= 11 is 19.9. The molecule has 1 aliphatic rings. The number of benzene rings is 5. The van der Waals surface area contributed by atoms with Crippen LogP contribution in [0.2, 0.25) is 15.1 Å². The lowest BCUT2D eigenvalue weighted by molar-refractivity contribution is 0.0952. The van der Waals surface area contributed by atoms with Gasteiger partial charge in [0.25, 0.3) is 5.91 Å². The summed E-state index contributed by atoms with van der Waals surface area (Å²) in [6.45, 7) is 13.6. The minimum absolute atomic E-state index is 0.0976. The zero-order valence-electron chi connectivity index (χ0n) is 32.7. The fraction of sp³-hybridized carbons (Fsp3) is 0.255. The molecule has 0 aliphatic heterocycles. The third-order valence-electron chi connectivity index (χ3n) is 10.2. The summed E-state index contributed by atoms with van der Waals surface area (Å²) in [6, 6.07) is 26.6. The van der Waals surface area contributed by atoms with E-state index in [0.717, 1.165) is 24.8 Å². The van der Waals surface area contributed by atoms with Crippen LogP contribution in [-0.4, -0.2) is 28.3 Å². The Morgan fingerprint density at radius 3 is 2.18 bits per heavy atom. The van der Waals surface area contributed by atoms with E-state index in [1.165, 1.54) is 6.07 Å². The molecule has 3 N–H and O–H groups in total. The number of nitrogens with one attached hydrogen (secondary N) is 2. The van der Waals surface area contributed by atoms with Crippen LogP contribution in [0.3, 0.4) is 0 Å². The number of ether oxygens (including phenoxy) is 1. The van der Waals surface area contributed by atoms with Gasteiger partial charge in [0.1, 0.15) is 17.0 Å². The number of fused-ring (bicyclic) bond motifs is 2. The van der Waals surface area contributed by atoms with E-state index in [4.69, 9.17) is 44.5 Å². The lowest BCUT2D eigenvalue weighted by Gasteiger charge is -2.33. The molecule has 7 nitrogen and oxygen atoms in total. The van der Waals surface area contributed by atoms with Crippen LogP contribution in [0.1, 0.15) is 92.6 Å². The zero-order chi connectivity index (χ0) is 40.8. The number of aromatic hydroxyl groups is 1. The average Bonchev–Trinajstić information content (AvgIpc) is 3.15. The number of unbranched alkanes of at least 4 members (excludes halogenated alkanes) is 1. The van der Waals surface area contributed by atoms with Crippen molar-refractivity contribution in [3.8, 4) is 39.6 Å². The normalized spacial score (nSPS) is 12.4. The van der Waals surface area contributed by atoms with E-state index in [9.17, 15) is 14.7 Å². The zero-order valence-corrected chi connectivity index (χ0v) is 35.0. The Morgan fingerprint density at radius 2 is 1.51 bits per heavy atom. The number of carbonyl (C=O) groups is 2. The molecule has 0 unspecified atom stereocenters. The number of anilines is 2. The monoisotopic (exact) mass is 819 g/mol. The summed E-state index contributed by atoms with van der Waals surface area (Å²) in [5.41, 5.74) is 4.50. The Balaban J connectivity index is 1.56. The number of para-hydroxylation sites is 1. The number of nitrogens with zero attached hydrogens (tertiary/aromatic N) is 1. The molecule has 1 amide bonds. The smallest absolute Gasteiger partial charge is 0.254 e. The Morgan fingerprint density at radius 1 is 0.825 bits per heavy atom. The summed E-state index contributed by atoms with van der Waals surface area (Å²) in [4.78, 5) is 34.5. The average molecular weight is 821 g/mol. The van der Waals surface area contributed by atoms with E-state index in [0.29, 0.717) is 66.3 Å². The number of amides is 1. The van der Waals surface area contributed by atoms with Gasteiger partial charge in [0, 0.05) is 39.7 Å². The molecule has 0 saturated heterocycles. The lowest BCUT2D eigenvalue weighted by atomic mass is 9.72. The second-order valence-electron chi connectivity index (χ2n) is 16.3. The van der Waals surface area contributed by atoms with Gasteiger partial charge in [-0.2, -0.15) is 0 Å². The number of phenolic OH excluding ortho intramolecular Hbond substituents is 1. The third-order valence-corrected chi connectivity index (χ3v) is 11.1. The molecule has 1 aliphatic carbocycles. The molecule has 0 radical (unpaired) electrons. The minimum atomic E-state index is -0.416. The lowest BCUT2D eigenvalue weighted by Crippen LogP contribution is -2.27. The summed E-state index contributed by atoms with van der Waals surface area (Å²) < 4.78 is 6.76. The third kappa shape index (κ3) is 7.94. The number of phenols is 1. The number of rotatable bonds is 11. The number of aromatic nitrogens is 1. The molecule has 0 saturated carbocycles. The highest BCUT2D eigenvalue weighted by molar-refractivity contribution is 6.39. The van der Waals surface area contributed by atoms with Crippen molar-refractivity contribution in [2.45, 2.75) is 66.2 Å². The highest BCUT2D eigenvalue weighted by atomic mass is 35.5. The van der Waals surface area contributed by atoms with Gasteiger partial charge >= 0.3 is 0 Å². The van der Waals surface area contributed by atoms with Crippen molar-refractivity contribution in [3.05, 3.63) is 128 Å². The molecule has 10 heteroatoms. The molecule has 1 aromatic heterocycles. The molecule has 57 heavy (non-hydrogen) atoms. The molecular weight excluding hydrogens is 777 g/mol. The van der Waals surface area contributed by atoms with Gasteiger partial charge in [-0.05, 0) is 77.3 Å². The first kappa shape index (κ1) is 40.1. The van der Waals surface area contributed by atoms with Crippen molar-refractivity contribution in [1.29, 1.82) is 0 Å². The molecule has 0 bridgehead atoms. The quantitative estimate of drug-likeness (QED) is 0.112. The highest BCUT2D eigenvalue weighted by Gasteiger charge is 2.36. The maximum absolute atomic E-state index is 14.8. The predicted octanol–water partition coefficient (Wildman–Crippen LogP) is 13.6. The standard InChI is InChI=1S/C47H44Cl3N3O4/c1-7-8-22-51-45(56)40-37-29-12-9-10-13-30(29)44(55)38-34(52-42-32(49)14-11-15-33(42)50)24-36(43(39(37)38)53-41(40)31-23-27(48)18-21-35(31)54)57-28-19-16-26(17-20-28)47(5,6)25-46(2,3)4/h9-21,23-24,52,54H,7-8,22,25H2,1-6H3,(H,51,56). The Hall–Kier alpha value is -5.08. The summed E-state index contributed by atoms with van der Waals surface area (Å²) in [6.07, 6.45) is 2.58. The van der Waals surface area contributed by atoms with Gasteiger partial charge in [-0.15, -0.1) is 0 Å². The van der Waals surface area contributed by atoms with Crippen LogP contribution < -0.4 is 15.4 Å². The second-order valence-corrected chi connectivity index (χ2v) is 17.6. The first-order valence-corrected chi connectivity index (χ1v) is 20.2. The fourth-order valence-electron chi connectivity index (χ4n) is 7.99. The molecule has 6 aromatic rings. The van der Waals surface area contributed by atoms with E-state index < -0.39 is 5.91 Å². The van der Waals surface area contributed by atoms with Gasteiger partial charge in [-0.1, -0.05) is 125 Å². The van der Waals surface area contributed by atoms with Gasteiger partial charge in [-0.3, -0.25) is 9.59 Å². The van der Waals surface area contributed by atoms with Gasteiger partial charge in [0.2, 0.25) is 0 Å². The van der Waals surface area contributed by atoms with Crippen LogP contribution in [0.15, 0.2) is 91.0 Å². The minimum Gasteiger partial charge on any atom is -0.507 e. The van der Waals surface area contributed by atoms with Gasteiger partial charge in [0.05, 0.1) is 38.2 Å². The van der Waals surface area contributed by atoms with Gasteiger partial charge in [-0.25, -0.2) is 4.98 Å². The van der Waals surface area contributed by atoms with Crippen molar-refractivity contribution in [2.75, 3.05) is 11.9 Å². The van der Waals surface area contributed by atoms with Crippen LogP contribution in [0.5, 0.6) is 17.2 Å². The number of carbonyl (C=O) groups excluding carboxylic acids is 2. The Labute approximate surface area is 348 Å². The van der Waals surface area contributed by atoms with Crippen LogP contribution in [0.4, 0.5) is 11.4 Å². The van der Waals surface area contributed by atoms with E-state index >= 15 is 0 Å². The number of hydrogen-bond acceptors (Lipinski definition) is 6. The number of ketones is 1. The Kier molecular flexibility index (Phi) is 11.0. The van der Waals surface area contributed by atoms with Crippen LogP contribution >= 0.6 is 34.8 Å². The van der Waals surface area contributed by atoms with E-state index in [-0.39, 0.29) is 50.5 Å². The van der Waals surface area contributed by atoms with Crippen molar-refractivity contribution in [3.63, 3.8) is 0 Å². The maximum atomic E-state index is 14.8. The highest BCUT2D eigenvalue weighted by Crippen LogP contribution is 2.51. The van der Waals surface area contributed by atoms with Crippen LogP contribution in [-0.2, 0) is 5.41 Å². The predicted molar refractivity (Wildman–Crippen MR) is 233 cm³/mol. The van der Waals surface area contributed by atoms with Gasteiger partial charge in [0.15, 0.2) is 11.5 Å². The largest absolute Gasteiger partial charge is 0.507 e. The maximum Gasteiger partial charge on any atom is 0.254 e. The van der Waals surface area contributed by atoms with Crippen LogP contribution in [0, 0.1) is 5.41 Å². The van der Waals surface area contributed by atoms with E-state index in [1.54, 1.807) is 48.5 Å². The topological polar surface area (TPSA) is 101 Å². The molecule has 0 fully saturated rings. The summed E-state index contributed by atoms with van der Waals surface area (Å²) in [5, 5.41) is 19.2. The van der Waals surface area contributed by atoms with Crippen molar-refractivity contribution < 1.29 is 19.4 Å². The number of pyridine rings is 1. The number of halogens is 3. The van der Waals surface area contributed by atoms with Crippen molar-refractivity contribution in [2.24, 2.45) is 5.41 Å². The van der Waals surface area contributed by atoms with E-state index in [2.05, 4.69) is 57.4 Å². The first-order chi connectivity index (χ1) is 27.1.